The van der Waals surface area contributed by atoms with Gasteiger partial charge in [-0.3, -0.25) is 14.9 Å². The summed E-state index contributed by atoms with van der Waals surface area (Å²) in [6.45, 7) is 3.97. The number of fused-ring (bicyclic) bond motifs is 1. The summed E-state index contributed by atoms with van der Waals surface area (Å²) in [5.74, 6) is 1.51. The van der Waals surface area contributed by atoms with Crippen molar-refractivity contribution in [3.05, 3.63) is 100 Å². The molecule has 7 heteroatoms. The molecule has 34 heavy (non-hydrogen) atoms. The van der Waals surface area contributed by atoms with Gasteiger partial charge in [-0.05, 0) is 61.9 Å². The number of aliphatic imine (C=N–C) groups is 1. The van der Waals surface area contributed by atoms with Crippen LogP contribution in [0.5, 0.6) is 11.5 Å². The minimum atomic E-state index is -0.132. The van der Waals surface area contributed by atoms with Gasteiger partial charge < -0.3 is 4.74 Å². The number of para-hydroxylation sites is 2. The molecule has 0 fully saturated rings. The van der Waals surface area contributed by atoms with Gasteiger partial charge in [0.1, 0.15) is 11.5 Å². The molecule has 0 aliphatic rings. The lowest BCUT2D eigenvalue weighted by molar-refractivity contribution is 0.483. The predicted octanol–water partition coefficient (Wildman–Crippen LogP) is 6.66. The van der Waals surface area contributed by atoms with Gasteiger partial charge in [0.2, 0.25) is 5.13 Å². The Balaban J connectivity index is 1.46. The third-order valence-corrected chi connectivity index (χ3v) is 6.44. The van der Waals surface area contributed by atoms with Crippen LogP contribution in [0, 0.1) is 0 Å². The van der Waals surface area contributed by atoms with Gasteiger partial charge in [-0.25, -0.2) is 4.98 Å². The fraction of sp³-hybridized carbons (Fsp3) is 0.148. The molecule has 0 aliphatic heterocycles. The summed E-state index contributed by atoms with van der Waals surface area (Å²) in [6.07, 6.45) is 1.66. The molecule has 5 rings (SSSR count). The second-order valence-electron chi connectivity index (χ2n) is 7.93. The van der Waals surface area contributed by atoms with Gasteiger partial charge in [-0.2, -0.15) is 4.68 Å². The largest absolute Gasteiger partial charge is 0.457 e. The van der Waals surface area contributed by atoms with E-state index in [0.717, 1.165) is 45.9 Å². The maximum atomic E-state index is 13.4. The first-order chi connectivity index (χ1) is 16.6. The van der Waals surface area contributed by atoms with E-state index in [4.69, 9.17) is 9.73 Å². The number of hydrogen-bond donors (Lipinski definition) is 1. The van der Waals surface area contributed by atoms with Gasteiger partial charge in [0, 0.05) is 5.69 Å². The third kappa shape index (κ3) is 4.43. The SMILES string of the molecule is CCCc1[nH]n(-c2nc3ccccc3s2)c(=O)c1C(C)=Nc1ccc(Oc2ccccc2)cc1. The van der Waals surface area contributed by atoms with E-state index in [0.29, 0.717) is 16.4 Å². The highest BCUT2D eigenvalue weighted by Crippen LogP contribution is 2.26. The maximum absolute atomic E-state index is 13.4. The fourth-order valence-corrected chi connectivity index (χ4v) is 4.77. The molecule has 0 bridgehead atoms. The van der Waals surface area contributed by atoms with Gasteiger partial charge in [-0.1, -0.05) is 55.0 Å². The van der Waals surface area contributed by atoms with E-state index in [-0.39, 0.29) is 5.56 Å². The Bertz CT molecular complexity index is 1480. The summed E-state index contributed by atoms with van der Waals surface area (Å²) in [6, 6.07) is 25.1. The number of aromatic amines is 1. The number of thiazole rings is 1. The fourth-order valence-electron chi connectivity index (χ4n) is 3.84. The van der Waals surface area contributed by atoms with E-state index in [2.05, 4.69) is 17.0 Å². The summed E-state index contributed by atoms with van der Waals surface area (Å²) in [7, 11) is 0. The van der Waals surface area contributed by atoms with Crippen LogP contribution < -0.4 is 10.3 Å². The van der Waals surface area contributed by atoms with Crippen LogP contribution in [0.1, 0.15) is 31.5 Å². The quantitative estimate of drug-likeness (QED) is 0.271. The summed E-state index contributed by atoms with van der Waals surface area (Å²) in [4.78, 5) is 22.8. The van der Waals surface area contributed by atoms with E-state index in [9.17, 15) is 4.79 Å². The first-order valence-corrected chi connectivity index (χ1v) is 12.0. The molecule has 0 unspecified atom stereocenters. The number of nitrogens with zero attached hydrogens (tertiary/aromatic N) is 3. The highest BCUT2D eigenvalue weighted by atomic mass is 32.1. The molecule has 0 amide bonds. The summed E-state index contributed by atoms with van der Waals surface area (Å²) in [5, 5.41) is 3.91. The molecule has 0 saturated heterocycles. The molecule has 170 valence electrons. The number of aromatic nitrogens is 3. The average Bonchev–Trinajstić information content (AvgIpc) is 3.42. The first-order valence-electron chi connectivity index (χ1n) is 11.2. The van der Waals surface area contributed by atoms with E-state index >= 15 is 0 Å². The molecule has 3 aromatic carbocycles. The molecule has 0 radical (unpaired) electrons. The number of hydrogen-bond acceptors (Lipinski definition) is 5. The smallest absolute Gasteiger partial charge is 0.282 e. The van der Waals surface area contributed by atoms with Crippen LogP contribution in [0.2, 0.25) is 0 Å². The van der Waals surface area contributed by atoms with Gasteiger partial charge in [0.25, 0.3) is 5.56 Å². The molecule has 6 nitrogen and oxygen atoms in total. The minimum absolute atomic E-state index is 0.132. The Morgan fingerprint density at radius 1 is 1.00 bits per heavy atom. The highest BCUT2D eigenvalue weighted by molar-refractivity contribution is 7.20. The van der Waals surface area contributed by atoms with E-state index < -0.39 is 0 Å². The maximum Gasteiger partial charge on any atom is 0.282 e. The molecule has 0 aliphatic carbocycles. The van der Waals surface area contributed by atoms with E-state index in [1.54, 1.807) is 4.68 Å². The Hall–Kier alpha value is -3.97. The standard InChI is InChI=1S/C27H24N4O2S/c1-3-9-23-25(26(32)31(30-23)27-29-22-12-7-8-13-24(22)34-27)18(2)28-19-14-16-21(17-15-19)33-20-10-5-4-6-11-20/h4-8,10-17,30H,3,9H2,1-2H3. The second kappa shape index (κ2) is 9.49. The van der Waals surface area contributed by atoms with Crippen LogP contribution in [-0.2, 0) is 6.42 Å². The minimum Gasteiger partial charge on any atom is -0.457 e. The highest BCUT2D eigenvalue weighted by Gasteiger charge is 2.19. The summed E-state index contributed by atoms with van der Waals surface area (Å²) >= 11 is 1.49. The van der Waals surface area contributed by atoms with E-state index in [1.807, 2.05) is 85.8 Å². The average molecular weight is 469 g/mol. The monoisotopic (exact) mass is 468 g/mol. The Morgan fingerprint density at radius 2 is 1.71 bits per heavy atom. The Morgan fingerprint density at radius 3 is 2.44 bits per heavy atom. The Labute approximate surface area is 201 Å². The predicted molar refractivity (Wildman–Crippen MR) is 138 cm³/mol. The topological polar surface area (TPSA) is 72.3 Å². The third-order valence-electron chi connectivity index (χ3n) is 5.41. The lowest BCUT2D eigenvalue weighted by Crippen LogP contribution is -2.19. The molecule has 0 atom stereocenters. The molecular weight excluding hydrogens is 444 g/mol. The van der Waals surface area contributed by atoms with Crippen LogP contribution in [0.15, 0.2) is 88.6 Å². The van der Waals surface area contributed by atoms with Crippen molar-refractivity contribution in [2.45, 2.75) is 26.7 Å². The van der Waals surface area contributed by atoms with Gasteiger partial charge in [0.15, 0.2) is 0 Å². The number of nitrogens with one attached hydrogen (secondary N) is 1. The molecule has 1 N–H and O–H groups in total. The van der Waals surface area contributed by atoms with Crippen LogP contribution in [0.25, 0.3) is 15.3 Å². The molecule has 0 saturated carbocycles. The van der Waals surface area contributed by atoms with Crippen molar-refractivity contribution in [3.63, 3.8) is 0 Å². The van der Waals surface area contributed by atoms with Crippen molar-refractivity contribution in [2.75, 3.05) is 0 Å². The molecule has 0 spiro atoms. The lowest BCUT2D eigenvalue weighted by Gasteiger charge is -2.06. The molecule has 2 aromatic heterocycles. The first kappa shape index (κ1) is 21.9. The number of aryl methyl sites for hydroxylation is 1. The normalized spacial score (nSPS) is 11.8. The molecular formula is C27H24N4O2S. The van der Waals surface area contributed by atoms with Gasteiger partial charge in [0.05, 0.1) is 27.2 Å². The van der Waals surface area contributed by atoms with Crippen molar-refractivity contribution < 1.29 is 4.74 Å². The molecule has 5 aromatic rings. The summed E-state index contributed by atoms with van der Waals surface area (Å²) in [5.41, 5.74) is 3.65. The molecule has 2 heterocycles. The van der Waals surface area contributed by atoms with Crippen molar-refractivity contribution >= 4 is 33.0 Å². The number of rotatable bonds is 7. The van der Waals surface area contributed by atoms with Crippen LogP contribution in [0.3, 0.4) is 0 Å². The zero-order valence-corrected chi connectivity index (χ0v) is 19.8. The van der Waals surface area contributed by atoms with Crippen molar-refractivity contribution in [1.29, 1.82) is 0 Å². The van der Waals surface area contributed by atoms with E-state index in [1.165, 1.54) is 11.3 Å². The number of benzene rings is 3. The van der Waals surface area contributed by atoms with Gasteiger partial charge in [-0.15, -0.1) is 0 Å². The lowest BCUT2D eigenvalue weighted by atomic mass is 10.1. The van der Waals surface area contributed by atoms with Crippen LogP contribution in [0.4, 0.5) is 5.69 Å². The van der Waals surface area contributed by atoms with Crippen molar-refractivity contribution in [3.8, 4) is 16.6 Å². The summed E-state index contributed by atoms with van der Waals surface area (Å²) < 4.78 is 8.44. The van der Waals surface area contributed by atoms with Crippen molar-refractivity contribution in [2.24, 2.45) is 4.99 Å². The Kier molecular flexibility index (Phi) is 6.10. The van der Waals surface area contributed by atoms with Crippen LogP contribution in [-0.4, -0.2) is 20.5 Å². The zero-order chi connectivity index (χ0) is 23.5. The number of H-pyrrole nitrogens is 1. The van der Waals surface area contributed by atoms with Crippen LogP contribution >= 0.6 is 11.3 Å². The second-order valence-corrected chi connectivity index (χ2v) is 8.94. The van der Waals surface area contributed by atoms with Crippen molar-refractivity contribution in [1.82, 2.24) is 14.8 Å². The number of ether oxygens (including phenoxy) is 1. The zero-order valence-electron chi connectivity index (χ0n) is 19.0. The van der Waals surface area contributed by atoms with Gasteiger partial charge >= 0.3 is 0 Å².